The van der Waals surface area contributed by atoms with Crippen molar-refractivity contribution in [3.05, 3.63) is 84.1 Å². The second kappa shape index (κ2) is 11.9. The molecule has 0 spiro atoms. The number of H-pyrrole nitrogens is 1. The standard InChI is InChI=1S/C28H31N3O4/c1-33-26-12-11-20(19-27(26)34-2)13-16-29-15-6-18-35-25-10-4-3-8-24(25)31-28(32)22-7-5-9-23-21(22)14-17-30-23/h3-5,7-12,14,17,19,29-30H,6,13,15-16,18H2,1-2H3,(H,31,32). The van der Waals surface area contributed by atoms with Gasteiger partial charge in [-0.1, -0.05) is 24.3 Å². The van der Waals surface area contributed by atoms with Crippen LogP contribution in [0.15, 0.2) is 72.9 Å². The molecule has 4 aromatic rings. The number of carbonyl (C=O) groups is 1. The van der Waals surface area contributed by atoms with Crippen LogP contribution >= 0.6 is 0 Å². The molecule has 1 aromatic heterocycles. The van der Waals surface area contributed by atoms with Gasteiger partial charge in [0.15, 0.2) is 11.5 Å². The van der Waals surface area contributed by atoms with Gasteiger partial charge >= 0.3 is 0 Å². The van der Waals surface area contributed by atoms with Gasteiger partial charge in [-0.2, -0.15) is 0 Å². The Balaban J connectivity index is 1.22. The SMILES string of the molecule is COc1ccc(CCNCCCOc2ccccc2NC(=O)c2cccc3[nH]ccc23)cc1OC. The Bertz CT molecular complexity index is 1270. The molecule has 0 aliphatic carbocycles. The average molecular weight is 474 g/mol. The number of hydrogen-bond acceptors (Lipinski definition) is 5. The molecule has 0 saturated carbocycles. The fourth-order valence-electron chi connectivity index (χ4n) is 3.94. The number of anilines is 1. The first-order valence-corrected chi connectivity index (χ1v) is 11.7. The Labute approximate surface area is 205 Å². The van der Waals surface area contributed by atoms with Gasteiger partial charge in [0.05, 0.1) is 26.5 Å². The lowest BCUT2D eigenvalue weighted by molar-refractivity contribution is 0.102. The molecule has 7 heteroatoms. The molecular weight excluding hydrogens is 442 g/mol. The molecule has 3 aromatic carbocycles. The lowest BCUT2D eigenvalue weighted by Gasteiger charge is -2.13. The van der Waals surface area contributed by atoms with Crippen LogP contribution in [0.3, 0.4) is 0 Å². The van der Waals surface area contributed by atoms with Crippen molar-refractivity contribution in [3.63, 3.8) is 0 Å². The third-order valence-electron chi connectivity index (χ3n) is 5.77. The zero-order valence-corrected chi connectivity index (χ0v) is 20.1. The highest BCUT2D eigenvalue weighted by Crippen LogP contribution is 2.28. The van der Waals surface area contributed by atoms with Crippen molar-refractivity contribution in [2.24, 2.45) is 0 Å². The minimum Gasteiger partial charge on any atom is -0.493 e. The van der Waals surface area contributed by atoms with E-state index in [1.54, 1.807) is 14.2 Å². The van der Waals surface area contributed by atoms with Gasteiger partial charge in [0.1, 0.15) is 5.75 Å². The quantitative estimate of drug-likeness (QED) is 0.251. The highest BCUT2D eigenvalue weighted by Gasteiger charge is 2.13. The Hall–Kier alpha value is -3.97. The number of rotatable bonds is 12. The van der Waals surface area contributed by atoms with Crippen LogP contribution in [0.5, 0.6) is 17.2 Å². The maximum absolute atomic E-state index is 12.9. The third kappa shape index (κ3) is 6.13. The number of carbonyl (C=O) groups excluding carboxylic acids is 1. The lowest BCUT2D eigenvalue weighted by atomic mass is 10.1. The van der Waals surface area contributed by atoms with Crippen molar-refractivity contribution < 1.29 is 19.0 Å². The van der Waals surface area contributed by atoms with Crippen LogP contribution in [0.25, 0.3) is 10.9 Å². The molecular formula is C28H31N3O4. The fraction of sp³-hybridized carbons (Fsp3) is 0.250. The van der Waals surface area contributed by atoms with Crippen molar-refractivity contribution in [2.45, 2.75) is 12.8 Å². The van der Waals surface area contributed by atoms with Crippen molar-refractivity contribution in [2.75, 3.05) is 39.2 Å². The van der Waals surface area contributed by atoms with Crippen LogP contribution < -0.4 is 24.8 Å². The number of aromatic amines is 1. The molecule has 0 radical (unpaired) electrons. The Kier molecular flexibility index (Phi) is 8.25. The van der Waals surface area contributed by atoms with Crippen LogP contribution in [0, 0.1) is 0 Å². The monoisotopic (exact) mass is 473 g/mol. The van der Waals surface area contributed by atoms with Crippen LogP contribution in [0.1, 0.15) is 22.3 Å². The molecule has 0 atom stereocenters. The van der Waals surface area contributed by atoms with E-state index in [4.69, 9.17) is 14.2 Å². The molecule has 182 valence electrons. The molecule has 7 nitrogen and oxygen atoms in total. The van der Waals surface area contributed by atoms with Gasteiger partial charge in [0.2, 0.25) is 0 Å². The van der Waals surface area contributed by atoms with Gasteiger partial charge in [-0.3, -0.25) is 4.79 Å². The summed E-state index contributed by atoms with van der Waals surface area (Å²) < 4.78 is 16.6. The first-order valence-electron chi connectivity index (χ1n) is 11.7. The molecule has 0 fully saturated rings. The van der Waals surface area contributed by atoms with Crippen molar-refractivity contribution in [1.29, 1.82) is 0 Å². The van der Waals surface area contributed by atoms with Crippen molar-refractivity contribution in [1.82, 2.24) is 10.3 Å². The van der Waals surface area contributed by atoms with Crippen LogP contribution in [-0.4, -0.2) is 44.8 Å². The van der Waals surface area contributed by atoms with E-state index < -0.39 is 0 Å². The van der Waals surface area contributed by atoms with Crippen LogP contribution in [-0.2, 0) is 6.42 Å². The number of aromatic nitrogens is 1. The molecule has 0 aliphatic rings. The summed E-state index contributed by atoms with van der Waals surface area (Å²) in [6, 6.07) is 21.0. The first-order chi connectivity index (χ1) is 17.2. The summed E-state index contributed by atoms with van der Waals surface area (Å²) in [7, 11) is 3.28. The zero-order chi connectivity index (χ0) is 24.5. The smallest absolute Gasteiger partial charge is 0.256 e. The van der Waals surface area contributed by atoms with E-state index in [0.717, 1.165) is 48.3 Å². The normalized spacial score (nSPS) is 10.8. The van der Waals surface area contributed by atoms with Gasteiger partial charge in [-0.25, -0.2) is 0 Å². The second-order valence-corrected chi connectivity index (χ2v) is 8.09. The number of benzene rings is 3. The van der Waals surface area contributed by atoms with Crippen LogP contribution in [0.2, 0.25) is 0 Å². The van der Waals surface area contributed by atoms with Crippen molar-refractivity contribution >= 4 is 22.5 Å². The van der Waals surface area contributed by atoms with E-state index >= 15 is 0 Å². The first kappa shape index (κ1) is 24.2. The molecule has 0 aliphatic heterocycles. The maximum Gasteiger partial charge on any atom is 0.256 e. The van der Waals surface area contributed by atoms with Crippen LogP contribution in [0.4, 0.5) is 5.69 Å². The highest BCUT2D eigenvalue weighted by atomic mass is 16.5. The molecule has 4 rings (SSSR count). The average Bonchev–Trinajstić information content (AvgIpc) is 3.38. The zero-order valence-electron chi connectivity index (χ0n) is 20.1. The van der Waals surface area contributed by atoms with E-state index in [1.807, 2.05) is 72.9 Å². The summed E-state index contributed by atoms with van der Waals surface area (Å²) in [5.41, 5.74) is 3.40. The summed E-state index contributed by atoms with van der Waals surface area (Å²) in [6.45, 7) is 2.23. The van der Waals surface area contributed by atoms with E-state index in [0.29, 0.717) is 23.6 Å². The minimum absolute atomic E-state index is 0.164. The Morgan fingerprint density at radius 3 is 2.60 bits per heavy atom. The fourth-order valence-corrected chi connectivity index (χ4v) is 3.94. The van der Waals surface area contributed by atoms with Crippen molar-refractivity contribution in [3.8, 4) is 17.2 Å². The van der Waals surface area contributed by atoms with Gasteiger partial charge < -0.3 is 29.8 Å². The summed E-state index contributed by atoms with van der Waals surface area (Å²) in [5.74, 6) is 1.98. The van der Waals surface area contributed by atoms with E-state index in [2.05, 4.69) is 15.6 Å². The molecule has 0 saturated heterocycles. The summed E-state index contributed by atoms with van der Waals surface area (Å²) in [5, 5.41) is 7.33. The van der Waals surface area contributed by atoms with Gasteiger partial charge in [0.25, 0.3) is 5.91 Å². The molecule has 0 bridgehead atoms. The number of methoxy groups -OCH3 is 2. The lowest BCUT2D eigenvalue weighted by Crippen LogP contribution is -2.20. The maximum atomic E-state index is 12.9. The molecule has 35 heavy (non-hydrogen) atoms. The number of amides is 1. The Morgan fingerprint density at radius 1 is 0.886 bits per heavy atom. The second-order valence-electron chi connectivity index (χ2n) is 8.09. The summed E-state index contributed by atoms with van der Waals surface area (Å²) >= 11 is 0. The number of fused-ring (bicyclic) bond motifs is 1. The minimum atomic E-state index is -0.164. The largest absolute Gasteiger partial charge is 0.493 e. The summed E-state index contributed by atoms with van der Waals surface area (Å²) in [4.78, 5) is 16.1. The van der Waals surface area contributed by atoms with E-state index in [1.165, 1.54) is 5.56 Å². The highest BCUT2D eigenvalue weighted by molar-refractivity contribution is 6.12. The molecule has 0 unspecified atom stereocenters. The number of ether oxygens (including phenoxy) is 3. The van der Waals surface area contributed by atoms with Gasteiger partial charge in [-0.15, -0.1) is 0 Å². The molecule has 1 amide bonds. The third-order valence-corrected chi connectivity index (χ3v) is 5.77. The summed E-state index contributed by atoms with van der Waals surface area (Å²) in [6.07, 6.45) is 3.57. The number of nitrogens with one attached hydrogen (secondary N) is 3. The number of para-hydroxylation sites is 2. The molecule has 1 heterocycles. The number of hydrogen-bond donors (Lipinski definition) is 3. The van der Waals surface area contributed by atoms with Gasteiger partial charge in [0, 0.05) is 22.7 Å². The molecule has 3 N–H and O–H groups in total. The van der Waals surface area contributed by atoms with E-state index in [9.17, 15) is 4.79 Å². The predicted molar refractivity (Wildman–Crippen MR) is 139 cm³/mol. The predicted octanol–water partition coefficient (Wildman–Crippen LogP) is 5.04. The van der Waals surface area contributed by atoms with E-state index in [-0.39, 0.29) is 5.91 Å². The Morgan fingerprint density at radius 2 is 1.74 bits per heavy atom. The topological polar surface area (TPSA) is 84.6 Å². The van der Waals surface area contributed by atoms with Gasteiger partial charge in [-0.05, 0) is 74.0 Å².